The van der Waals surface area contributed by atoms with Crippen molar-refractivity contribution in [3.05, 3.63) is 58.5 Å². The number of hydrogen-bond donors (Lipinski definition) is 2. The van der Waals surface area contributed by atoms with Gasteiger partial charge in [0, 0.05) is 0 Å². The second-order valence-electron chi connectivity index (χ2n) is 2.87. The fraction of sp³-hybridized carbons (Fsp3) is 0. The Hall–Kier alpha value is -2.70. The van der Waals surface area contributed by atoms with Crippen molar-refractivity contribution in [3.63, 3.8) is 0 Å². The molecule has 88 valence electrons. The number of nitrogens with zero attached hydrogens (tertiary/aromatic N) is 2. The number of imidazole rings is 1. The lowest BCUT2D eigenvalue weighted by atomic mass is 10.2. The van der Waals surface area contributed by atoms with Gasteiger partial charge in [-0.15, -0.1) is 0 Å². The summed E-state index contributed by atoms with van der Waals surface area (Å²) in [6.45, 7) is 0. The molecule has 0 unspecified atom stereocenters. The van der Waals surface area contributed by atoms with Gasteiger partial charge in [-0.1, -0.05) is 18.2 Å². The first kappa shape index (κ1) is 12.4. The highest BCUT2D eigenvalue weighted by Crippen LogP contribution is 1.99. The number of nitro groups is 1. The molecule has 0 radical (unpaired) electrons. The van der Waals surface area contributed by atoms with Gasteiger partial charge in [0.1, 0.15) is 6.20 Å². The van der Waals surface area contributed by atoms with E-state index in [4.69, 9.17) is 5.11 Å². The number of H-pyrrole nitrogens is 1. The van der Waals surface area contributed by atoms with Gasteiger partial charge in [-0.3, -0.25) is 0 Å². The van der Waals surface area contributed by atoms with Crippen LogP contribution in [0.3, 0.4) is 0 Å². The summed E-state index contributed by atoms with van der Waals surface area (Å²) in [5, 5.41) is 18.2. The van der Waals surface area contributed by atoms with Gasteiger partial charge in [0.2, 0.25) is 0 Å². The van der Waals surface area contributed by atoms with Crippen LogP contribution < -0.4 is 0 Å². The number of aromatic amines is 1. The highest BCUT2D eigenvalue weighted by Gasteiger charge is 1.99. The van der Waals surface area contributed by atoms with Crippen LogP contribution in [0.25, 0.3) is 0 Å². The van der Waals surface area contributed by atoms with Gasteiger partial charge in [0.25, 0.3) is 0 Å². The topological polar surface area (TPSA) is 109 Å². The van der Waals surface area contributed by atoms with E-state index < -0.39 is 10.9 Å². The highest BCUT2D eigenvalue weighted by atomic mass is 16.6. The molecule has 7 heteroatoms. The van der Waals surface area contributed by atoms with Crippen molar-refractivity contribution in [2.75, 3.05) is 0 Å². The molecule has 1 aromatic heterocycles. The zero-order valence-electron chi connectivity index (χ0n) is 8.61. The molecular weight excluding hydrogens is 226 g/mol. The third kappa shape index (κ3) is 4.12. The molecule has 7 nitrogen and oxygen atoms in total. The molecular formula is C10H9N3O4. The molecule has 1 aromatic carbocycles. The zero-order chi connectivity index (χ0) is 12.7. The number of carboxylic acid groups (broad SMARTS) is 1. The average molecular weight is 235 g/mol. The summed E-state index contributed by atoms with van der Waals surface area (Å²) < 4.78 is 0. The third-order valence-electron chi connectivity index (χ3n) is 1.70. The normalized spacial score (nSPS) is 8.94. The predicted octanol–water partition coefficient (Wildman–Crippen LogP) is 1.70. The monoisotopic (exact) mass is 235 g/mol. The Morgan fingerprint density at radius 2 is 2.00 bits per heavy atom. The van der Waals surface area contributed by atoms with Crippen molar-refractivity contribution in [3.8, 4) is 0 Å². The summed E-state index contributed by atoms with van der Waals surface area (Å²) in [7, 11) is 0. The maximum Gasteiger partial charge on any atom is 0.340 e. The molecule has 0 atom stereocenters. The summed E-state index contributed by atoms with van der Waals surface area (Å²) in [4.78, 5) is 25.2. The number of benzene rings is 1. The molecule has 2 rings (SSSR count). The summed E-state index contributed by atoms with van der Waals surface area (Å²) in [6, 6.07) is 8.30. The molecule has 0 fully saturated rings. The van der Waals surface area contributed by atoms with Gasteiger partial charge in [-0.2, -0.15) is 0 Å². The fourth-order valence-electron chi connectivity index (χ4n) is 0.929. The van der Waals surface area contributed by atoms with Crippen molar-refractivity contribution >= 4 is 11.8 Å². The molecule has 17 heavy (non-hydrogen) atoms. The lowest BCUT2D eigenvalue weighted by Crippen LogP contribution is -1.93. The predicted molar refractivity (Wildman–Crippen MR) is 58.6 cm³/mol. The molecule has 1 heterocycles. The molecule has 0 amide bonds. The maximum atomic E-state index is 10.2. The van der Waals surface area contributed by atoms with Crippen LogP contribution >= 0.6 is 0 Å². The Labute approximate surface area is 95.9 Å². The fourth-order valence-corrected chi connectivity index (χ4v) is 0.929. The van der Waals surface area contributed by atoms with Gasteiger partial charge in [-0.25, -0.2) is 14.8 Å². The maximum absolute atomic E-state index is 10.2. The standard InChI is InChI=1S/C7H6O2.C3H3N3O2/c8-7(9)6-4-2-1-3-5-6;7-6(8)3-1-4-2-5-3/h1-5H,(H,8,9);1-2H,(H,4,5). The van der Waals surface area contributed by atoms with E-state index in [0.717, 1.165) is 6.20 Å². The lowest BCUT2D eigenvalue weighted by Gasteiger charge is -1.88. The molecule has 0 aliphatic carbocycles. The Bertz CT molecular complexity index is 482. The summed E-state index contributed by atoms with van der Waals surface area (Å²) in [5.41, 5.74) is 0.331. The van der Waals surface area contributed by atoms with Gasteiger partial charge in [0.05, 0.1) is 5.56 Å². The lowest BCUT2D eigenvalue weighted by molar-refractivity contribution is -0.389. The minimum atomic E-state index is -0.879. The number of hydrogen-bond acceptors (Lipinski definition) is 4. The van der Waals surface area contributed by atoms with Crippen molar-refractivity contribution in [1.82, 2.24) is 9.97 Å². The van der Waals surface area contributed by atoms with E-state index in [-0.39, 0.29) is 5.82 Å². The number of rotatable bonds is 2. The van der Waals surface area contributed by atoms with Gasteiger partial charge < -0.3 is 15.2 Å². The van der Waals surface area contributed by atoms with E-state index in [9.17, 15) is 14.9 Å². The molecule has 0 saturated heterocycles. The second kappa shape index (κ2) is 6.01. The summed E-state index contributed by atoms with van der Waals surface area (Å²) in [5.74, 6) is -0.958. The Balaban J connectivity index is 0.000000171. The van der Waals surface area contributed by atoms with Crippen LogP contribution in [0.15, 0.2) is 42.9 Å². The minimum absolute atomic E-state index is 0.0787. The zero-order valence-corrected chi connectivity index (χ0v) is 8.61. The van der Waals surface area contributed by atoms with Crippen LogP contribution in [0, 0.1) is 10.1 Å². The smallest absolute Gasteiger partial charge is 0.340 e. The summed E-state index contributed by atoms with van der Waals surface area (Å²) in [6.07, 6.45) is 2.41. The number of carbonyl (C=O) groups is 1. The molecule has 0 bridgehead atoms. The van der Waals surface area contributed by atoms with E-state index in [0.29, 0.717) is 5.56 Å². The van der Waals surface area contributed by atoms with Crippen LogP contribution in [0.1, 0.15) is 10.4 Å². The van der Waals surface area contributed by atoms with E-state index in [1.807, 2.05) is 0 Å². The molecule has 0 aliphatic heterocycles. The van der Waals surface area contributed by atoms with Crippen LogP contribution in [-0.4, -0.2) is 26.0 Å². The number of aromatic nitrogens is 2. The first-order valence-corrected chi connectivity index (χ1v) is 4.52. The van der Waals surface area contributed by atoms with E-state index >= 15 is 0 Å². The minimum Gasteiger partial charge on any atom is -0.478 e. The second-order valence-corrected chi connectivity index (χ2v) is 2.87. The Kier molecular flexibility index (Phi) is 4.37. The van der Waals surface area contributed by atoms with Crippen LogP contribution in [0.5, 0.6) is 0 Å². The van der Waals surface area contributed by atoms with Crippen molar-refractivity contribution < 1.29 is 14.8 Å². The van der Waals surface area contributed by atoms with E-state index in [1.165, 1.54) is 6.33 Å². The van der Waals surface area contributed by atoms with Gasteiger partial charge >= 0.3 is 11.8 Å². The van der Waals surface area contributed by atoms with E-state index in [2.05, 4.69) is 9.97 Å². The van der Waals surface area contributed by atoms with Gasteiger partial charge in [-0.05, 0) is 17.1 Å². The number of aromatic carboxylic acids is 1. The molecule has 2 N–H and O–H groups in total. The first-order valence-electron chi connectivity index (χ1n) is 4.52. The Morgan fingerprint density at radius 1 is 1.35 bits per heavy atom. The molecule has 2 aromatic rings. The largest absolute Gasteiger partial charge is 0.478 e. The SMILES string of the molecule is O=C(O)c1ccccc1.O=[N+]([O-])c1cnc[nH]1. The van der Waals surface area contributed by atoms with Crippen molar-refractivity contribution in [2.45, 2.75) is 0 Å². The number of carboxylic acids is 1. The third-order valence-corrected chi connectivity index (χ3v) is 1.70. The van der Waals surface area contributed by atoms with Crippen LogP contribution in [0.2, 0.25) is 0 Å². The van der Waals surface area contributed by atoms with Crippen molar-refractivity contribution in [2.24, 2.45) is 0 Å². The quantitative estimate of drug-likeness (QED) is 0.608. The van der Waals surface area contributed by atoms with Crippen LogP contribution in [0.4, 0.5) is 5.82 Å². The summed E-state index contributed by atoms with van der Waals surface area (Å²) >= 11 is 0. The first-order chi connectivity index (χ1) is 8.11. The molecule has 0 aliphatic rings. The van der Waals surface area contributed by atoms with Crippen LogP contribution in [-0.2, 0) is 0 Å². The van der Waals surface area contributed by atoms with Gasteiger partial charge in [0.15, 0.2) is 6.33 Å². The number of nitrogens with one attached hydrogen (secondary N) is 1. The highest BCUT2D eigenvalue weighted by molar-refractivity contribution is 5.87. The Morgan fingerprint density at radius 3 is 2.29 bits per heavy atom. The average Bonchev–Trinajstić information content (AvgIpc) is 2.84. The van der Waals surface area contributed by atoms with Crippen molar-refractivity contribution in [1.29, 1.82) is 0 Å². The molecule has 0 saturated carbocycles. The van der Waals surface area contributed by atoms with E-state index in [1.54, 1.807) is 30.3 Å². The molecule has 0 spiro atoms.